The number of ether oxygens (including phenoxy) is 2. The van der Waals surface area contributed by atoms with Crippen molar-refractivity contribution in [1.29, 1.82) is 0 Å². The summed E-state index contributed by atoms with van der Waals surface area (Å²) < 4.78 is 38.0. The van der Waals surface area contributed by atoms with Gasteiger partial charge in [-0.25, -0.2) is 13.1 Å². The van der Waals surface area contributed by atoms with Gasteiger partial charge in [-0.2, -0.15) is 0 Å². The van der Waals surface area contributed by atoms with Gasteiger partial charge in [-0.05, 0) is 44.0 Å². The fourth-order valence-electron chi connectivity index (χ4n) is 2.58. The number of sulfonamides is 1. The summed E-state index contributed by atoms with van der Waals surface area (Å²) in [5.41, 5.74) is 0.523. The van der Waals surface area contributed by atoms with Crippen molar-refractivity contribution in [1.82, 2.24) is 9.71 Å². The van der Waals surface area contributed by atoms with Crippen LogP contribution in [-0.4, -0.2) is 39.6 Å². The molecule has 7 nitrogen and oxygen atoms in total. The van der Waals surface area contributed by atoms with Crippen LogP contribution in [0, 0.1) is 0 Å². The lowest BCUT2D eigenvalue weighted by atomic mass is 10.2. The van der Waals surface area contributed by atoms with Gasteiger partial charge in [0.25, 0.3) is 0 Å². The number of hydrogen-bond donors (Lipinski definition) is 1. The van der Waals surface area contributed by atoms with Crippen LogP contribution in [0.15, 0.2) is 35.4 Å². The minimum absolute atomic E-state index is 0.179. The number of hydrogen-bond acceptors (Lipinski definition) is 6. The Morgan fingerprint density at radius 1 is 1.19 bits per heavy atom. The van der Waals surface area contributed by atoms with Crippen molar-refractivity contribution in [3.05, 3.63) is 30.5 Å². The van der Waals surface area contributed by atoms with Crippen LogP contribution >= 0.6 is 0 Å². The maximum absolute atomic E-state index is 12.6. The third-order valence-electron chi connectivity index (χ3n) is 3.86. The number of nitrogens with one attached hydrogen (secondary N) is 1. The highest BCUT2D eigenvalue weighted by Crippen LogP contribution is 2.29. The lowest BCUT2D eigenvalue weighted by Crippen LogP contribution is -2.25. The number of rotatable bonds is 10. The standard InChI is InChI=1S/C18H24N2O5S/c1-3-25-15-10-11-16(14-8-7-12-19-18(14)15)26(22,23)20-13-6-4-5-9-17(21)24-2/h7-8,10-12,20H,3-6,9,13H2,1-2H3. The Morgan fingerprint density at radius 3 is 2.73 bits per heavy atom. The summed E-state index contributed by atoms with van der Waals surface area (Å²) in [6.45, 7) is 2.64. The van der Waals surface area contributed by atoms with Crippen molar-refractivity contribution in [2.75, 3.05) is 20.3 Å². The van der Waals surface area contributed by atoms with Crippen LogP contribution in [-0.2, 0) is 19.6 Å². The molecule has 26 heavy (non-hydrogen) atoms. The topological polar surface area (TPSA) is 94.6 Å². The summed E-state index contributed by atoms with van der Waals surface area (Å²) in [5.74, 6) is 0.309. The number of fused-ring (bicyclic) bond motifs is 1. The van der Waals surface area contributed by atoms with Crippen LogP contribution in [0.3, 0.4) is 0 Å². The second-order valence-corrected chi connectivity index (χ2v) is 7.41. The SMILES string of the molecule is CCOc1ccc(S(=O)(=O)NCCCCCC(=O)OC)c2cccnc12. The molecule has 0 atom stereocenters. The first-order valence-electron chi connectivity index (χ1n) is 8.56. The number of carbonyl (C=O) groups excluding carboxylic acids is 1. The first kappa shape index (κ1) is 20.1. The number of pyridine rings is 1. The molecule has 0 bridgehead atoms. The first-order valence-corrected chi connectivity index (χ1v) is 10.0. The molecule has 0 aliphatic rings. The summed E-state index contributed by atoms with van der Waals surface area (Å²) in [6, 6.07) is 6.58. The lowest BCUT2D eigenvalue weighted by Gasteiger charge is -2.12. The molecule has 8 heteroatoms. The Bertz CT molecular complexity index is 852. The van der Waals surface area contributed by atoms with Crippen molar-refractivity contribution in [3.63, 3.8) is 0 Å². The molecule has 0 spiro atoms. The maximum Gasteiger partial charge on any atom is 0.305 e. The first-order chi connectivity index (χ1) is 12.5. The van der Waals surface area contributed by atoms with Gasteiger partial charge in [0.15, 0.2) is 0 Å². The zero-order valence-corrected chi connectivity index (χ0v) is 15.8. The zero-order valence-electron chi connectivity index (χ0n) is 15.0. The highest BCUT2D eigenvalue weighted by molar-refractivity contribution is 7.89. The molecule has 2 aromatic rings. The van der Waals surface area contributed by atoms with Crippen LogP contribution < -0.4 is 9.46 Å². The second kappa shape index (κ2) is 9.49. The van der Waals surface area contributed by atoms with Crippen LogP contribution in [0.5, 0.6) is 5.75 Å². The monoisotopic (exact) mass is 380 g/mol. The van der Waals surface area contributed by atoms with Crippen molar-refractivity contribution >= 4 is 26.9 Å². The molecule has 1 heterocycles. The highest BCUT2D eigenvalue weighted by Gasteiger charge is 2.19. The van der Waals surface area contributed by atoms with E-state index in [9.17, 15) is 13.2 Å². The minimum atomic E-state index is -3.66. The average Bonchev–Trinajstić information content (AvgIpc) is 2.64. The number of aromatic nitrogens is 1. The van der Waals surface area contributed by atoms with Gasteiger partial charge in [0, 0.05) is 24.5 Å². The van der Waals surface area contributed by atoms with Crippen molar-refractivity contribution in [2.24, 2.45) is 0 Å². The zero-order chi connectivity index (χ0) is 19.0. The molecule has 0 unspecified atom stereocenters. The van der Waals surface area contributed by atoms with Crippen molar-refractivity contribution < 1.29 is 22.7 Å². The number of nitrogens with zero attached hydrogens (tertiary/aromatic N) is 1. The molecule has 0 radical (unpaired) electrons. The number of benzene rings is 1. The predicted molar refractivity (Wildman–Crippen MR) is 98.6 cm³/mol. The summed E-state index contributed by atoms with van der Waals surface area (Å²) in [4.78, 5) is 15.5. The van der Waals surface area contributed by atoms with Gasteiger partial charge >= 0.3 is 5.97 Å². The third-order valence-corrected chi connectivity index (χ3v) is 5.38. The Kier molecular flexibility index (Phi) is 7.35. The molecule has 1 aromatic heterocycles. The van der Waals surface area contributed by atoms with Crippen LogP contribution in [0.2, 0.25) is 0 Å². The predicted octanol–water partition coefficient (Wildman–Crippen LogP) is 2.65. The number of carbonyl (C=O) groups is 1. The quantitative estimate of drug-likeness (QED) is 0.503. The molecule has 0 amide bonds. The van der Waals surface area contributed by atoms with Crippen molar-refractivity contribution in [3.8, 4) is 5.75 Å². The van der Waals surface area contributed by atoms with E-state index in [4.69, 9.17) is 4.74 Å². The molecule has 0 fully saturated rings. The van der Waals surface area contributed by atoms with Gasteiger partial charge < -0.3 is 9.47 Å². The third kappa shape index (κ3) is 5.15. The number of esters is 1. The molecule has 1 aromatic carbocycles. The van der Waals surface area contributed by atoms with Crippen LogP contribution in [0.4, 0.5) is 0 Å². The largest absolute Gasteiger partial charge is 0.492 e. The van der Waals surface area contributed by atoms with E-state index in [-0.39, 0.29) is 10.9 Å². The summed E-state index contributed by atoms with van der Waals surface area (Å²) in [6.07, 6.45) is 4.01. The van der Waals surface area contributed by atoms with Gasteiger partial charge in [0.05, 0.1) is 18.6 Å². The minimum Gasteiger partial charge on any atom is -0.492 e. The second-order valence-electron chi connectivity index (χ2n) is 5.68. The fraction of sp³-hybridized carbons (Fsp3) is 0.444. The van der Waals surface area contributed by atoms with E-state index in [2.05, 4.69) is 14.4 Å². The fourth-order valence-corrected chi connectivity index (χ4v) is 3.85. The van der Waals surface area contributed by atoms with E-state index in [0.717, 1.165) is 6.42 Å². The van der Waals surface area contributed by atoms with E-state index in [1.807, 2.05) is 6.92 Å². The van der Waals surface area contributed by atoms with E-state index in [1.165, 1.54) is 13.2 Å². The molecule has 0 saturated carbocycles. The highest BCUT2D eigenvalue weighted by atomic mass is 32.2. The van der Waals surface area contributed by atoms with Gasteiger partial charge in [-0.15, -0.1) is 0 Å². The molecule has 2 rings (SSSR count). The number of unbranched alkanes of at least 4 members (excludes halogenated alkanes) is 2. The Labute approximate surface area is 153 Å². The summed E-state index contributed by atoms with van der Waals surface area (Å²) in [7, 11) is -2.31. The number of methoxy groups -OCH3 is 1. The van der Waals surface area contributed by atoms with E-state index in [1.54, 1.807) is 24.4 Å². The average molecular weight is 380 g/mol. The van der Waals surface area contributed by atoms with E-state index >= 15 is 0 Å². The molecule has 0 aliphatic carbocycles. The van der Waals surface area contributed by atoms with Gasteiger partial charge in [0.1, 0.15) is 11.3 Å². The van der Waals surface area contributed by atoms with E-state index in [0.29, 0.717) is 49.1 Å². The van der Waals surface area contributed by atoms with Crippen LogP contribution in [0.25, 0.3) is 10.9 Å². The van der Waals surface area contributed by atoms with Crippen molar-refractivity contribution in [2.45, 2.75) is 37.5 Å². The normalized spacial score (nSPS) is 11.5. The molecule has 0 aliphatic heterocycles. The maximum atomic E-state index is 12.6. The summed E-state index contributed by atoms with van der Waals surface area (Å²) in [5, 5.41) is 0.525. The lowest BCUT2D eigenvalue weighted by molar-refractivity contribution is -0.140. The Balaban J connectivity index is 2.05. The molecule has 1 N–H and O–H groups in total. The molecule has 142 valence electrons. The molecule has 0 saturated heterocycles. The Morgan fingerprint density at radius 2 is 2.00 bits per heavy atom. The smallest absolute Gasteiger partial charge is 0.305 e. The molecular formula is C18H24N2O5S. The molecular weight excluding hydrogens is 356 g/mol. The van der Waals surface area contributed by atoms with Gasteiger partial charge in [-0.1, -0.05) is 6.42 Å². The summed E-state index contributed by atoms with van der Waals surface area (Å²) >= 11 is 0. The van der Waals surface area contributed by atoms with Gasteiger partial charge in [-0.3, -0.25) is 9.78 Å². The van der Waals surface area contributed by atoms with Gasteiger partial charge in [0.2, 0.25) is 10.0 Å². The van der Waals surface area contributed by atoms with Crippen LogP contribution in [0.1, 0.15) is 32.6 Å². The van der Waals surface area contributed by atoms with E-state index < -0.39 is 10.0 Å². The Hall–Kier alpha value is -2.19.